The van der Waals surface area contributed by atoms with Gasteiger partial charge < -0.3 is 24.4 Å². The van der Waals surface area contributed by atoms with Gasteiger partial charge in [-0.3, -0.25) is 4.79 Å². The Hall–Kier alpha value is -2.73. The number of rotatable bonds is 8. The molecule has 0 bridgehead atoms. The van der Waals surface area contributed by atoms with Gasteiger partial charge in [-0.1, -0.05) is 12.1 Å². The van der Waals surface area contributed by atoms with E-state index in [4.69, 9.17) is 14.2 Å². The van der Waals surface area contributed by atoms with E-state index in [1.54, 1.807) is 12.1 Å². The van der Waals surface area contributed by atoms with Crippen LogP contribution in [0, 0.1) is 0 Å². The molecule has 0 aliphatic carbocycles. The Morgan fingerprint density at radius 1 is 1.15 bits per heavy atom. The van der Waals surface area contributed by atoms with Crippen LogP contribution in [0.3, 0.4) is 0 Å². The van der Waals surface area contributed by atoms with Crippen molar-refractivity contribution in [2.24, 2.45) is 0 Å². The zero-order valence-corrected chi connectivity index (χ0v) is 15.2. The number of hydrogen-bond acceptors (Lipinski definition) is 5. The van der Waals surface area contributed by atoms with Crippen molar-refractivity contribution in [1.82, 2.24) is 4.90 Å². The van der Waals surface area contributed by atoms with Gasteiger partial charge in [0.15, 0.2) is 11.5 Å². The lowest BCUT2D eigenvalue weighted by molar-refractivity contribution is -0.116. The number of hydrogen-bond donors (Lipinski definition) is 1. The Bertz CT molecular complexity index is 746. The third-order valence-corrected chi connectivity index (χ3v) is 4.06. The van der Waals surface area contributed by atoms with Gasteiger partial charge in [0.1, 0.15) is 5.75 Å². The number of anilines is 1. The second kappa shape index (κ2) is 8.58. The maximum absolute atomic E-state index is 12.2. The minimum Gasteiger partial charge on any atom is -0.494 e. The highest BCUT2D eigenvalue weighted by Crippen LogP contribution is 2.34. The molecule has 6 heteroatoms. The predicted octanol–water partition coefficient (Wildman–Crippen LogP) is 3.27. The quantitative estimate of drug-likeness (QED) is 0.787. The highest BCUT2D eigenvalue weighted by atomic mass is 16.7. The summed E-state index contributed by atoms with van der Waals surface area (Å²) in [6, 6.07) is 13.4. The molecule has 0 saturated carbocycles. The fourth-order valence-corrected chi connectivity index (χ4v) is 2.74. The molecule has 26 heavy (non-hydrogen) atoms. The Balaban J connectivity index is 1.43. The largest absolute Gasteiger partial charge is 0.494 e. The SMILES string of the molecule is CCOc1ccc(CN(C)CCC(=O)Nc2ccc3c(c2)OCO3)cc1. The molecule has 0 atom stereocenters. The molecule has 1 N–H and O–H groups in total. The highest BCUT2D eigenvalue weighted by molar-refractivity contribution is 5.91. The number of carbonyl (C=O) groups is 1. The van der Waals surface area contributed by atoms with E-state index in [0.29, 0.717) is 36.8 Å². The van der Waals surface area contributed by atoms with Crippen LogP contribution >= 0.6 is 0 Å². The lowest BCUT2D eigenvalue weighted by Gasteiger charge is -2.17. The monoisotopic (exact) mass is 356 g/mol. The molecule has 0 fully saturated rings. The fraction of sp³-hybridized carbons (Fsp3) is 0.350. The van der Waals surface area contributed by atoms with Gasteiger partial charge in [0.05, 0.1) is 6.61 Å². The number of carbonyl (C=O) groups excluding carboxylic acids is 1. The summed E-state index contributed by atoms with van der Waals surface area (Å²) in [4.78, 5) is 14.3. The summed E-state index contributed by atoms with van der Waals surface area (Å²) in [6.45, 7) is 4.31. The van der Waals surface area contributed by atoms with Crippen LogP contribution in [-0.4, -0.2) is 37.8 Å². The van der Waals surface area contributed by atoms with Crippen molar-refractivity contribution in [3.8, 4) is 17.2 Å². The van der Waals surface area contributed by atoms with Gasteiger partial charge in [0.2, 0.25) is 12.7 Å². The van der Waals surface area contributed by atoms with Crippen molar-refractivity contribution < 1.29 is 19.0 Å². The third-order valence-electron chi connectivity index (χ3n) is 4.06. The van der Waals surface area contributed by atoms with Crippen LogP contribution < -0.4 is 19.5 Å². The summed E-state index contributed by atoms with van der Waals surface area (Å²) in [7, 11) is 2.00. The van der Waals surface area contributed by atoms with Crippen LogP contribution in [0.15, 0.2) is 42.5 Å². The van der Waals surface area contributed by atoms with Crippen LogP contribution in [0.5, 0.6) is 17.2 Å². The van der Waals surface area contributed by atoms with E-state index in [1.165, 1.54) is 5.56 Å². The van der Waals surface area contributed by atoms with Crippen molar-refractivity contribution in [2.75, 3.05) is 32.3 Å². The summed E-state index contributed by atoms with van der Waals surface area (Å²) in [5, 5.41) is 2.89. The van der Waals surface area contributed by atoms with Crippen molar-refractivity contribution in [3.63, 3.8) is 0 Å². The second-order valence-corrected chi connectivity index (χ2v) is 6.18. The Kier molecular flexibility index (Phi) is 5.96. The second-order valence-electron chi connectivity index (χ2n) is 6.18. The van der Waals surface area contributed by atoms with Crippen molar-refractivity contribution in [1.29, 1.82) is 0 Å². The first kappa shape index (κ1) is 18.1. The van der Waals surface area contributed by atoms with Gasteiger partial charge in [0.25, 0.3) is 0 Å². The van der Waals surface area contributed by atoms with E-state index in [-0.39, 0.29) is 12.7 Å². The van der Waals surface area contributed by atoms with Gasteiger partial charge >= 0.3 is 0 Å². The number of fused-ring (bicyclic) bond motifs is 1. The fourth-order valence-electron chi connectivity index (χ4n) is 2.74. The molecule has 0 saturated heterocycles. The topological polar surface area (TPSA) is 60.0 Å². The molecule has 2 aromatic carbocycles. The molecule has 0 aromatic heterocycles. The van der Waals surface area contributed by atoms with Crippen molar-refractivity contribution in [2.45, 2.75) is 19.9 Å². The minimum atomic E-state index is -0.0255. The number of nitrogens with one attached hydrogen (secondary N) is 1. The summed E-state index contributed by atoms with van der Waals surface area (Å²) < 4.78 is 16.0. The summed E-state index contributed by atoms with van der Waals surface area (Å²) in [5.41, 5.74) is 1.90. The molecule has 1 aliphatic heterocycles. The third kappa shape index (κ3) is 4.89. The molecule has 0 radical (unpaired) electrons. The van der Waals surface area contributed by atoms with Gasteiger partial charge in [0, 0.05) is 31.3 Å². The average molecular weight is 356 g/mol. The predicted molar refractivity (Wildman–Crippen MR) is 99.8 cm³/mol. The standard InChI is InChI=1S/C20H24N2O4/c1-3-24-17-7-4-15(5-8-17)13-22(2)11-10-20(23)21-16-6-9-18-19(12-16)26-14-25-18/h4-9,12H,3,10-11,13-14H2,1-2H3,(H,21,23). The van der Waals surface area contributed by atoms with E-state index >= 15 is 0 Å². The van der Waals surface area contributed by atoms with E-state index in [9.17, 15) is 4.79 Å². The Labute approximate surface area is 153 Å². The maximum Gasteiger partial charge on any atom is 0.231 e. The molecular weight excluding hydrogens is 332 g/mol. The number of ether oxygens (including phenoxy) is 3. The van der Waals surface area contributed by atoms with Gasteiger partial charge in [-0.2, -0.15) is 0 Å². The normalized spacial score (nSPS) is 12.3. The molecule has 138 valence electrons. The van der Waals surface area contributed by atoms with Gasteiger partial charge in [-0.15, -0.1) is 0 Å². The molecule has 1 heterocycles. The Morgan fingerprint density at radius 3 is 2.69 bits per heavy atom. The van der Waals surface area contributed by atoms with Gasteiger partial charge in [-0.25, -0.2) is 0 Å². The first-order valence-corrected chi connectivity index (χ1v) is 8.74. The smallest absolute Gasteiger partial charge is 0.231 e. The Morgan fingerprint density at radius 2 is 1.92 bits per heavy atom. The van der Waals surface area contributed by atoms with Crippen molar-refractivity contribution >= 4 is 11.6 Å². The van der Waals surface area contributed by atoms with Crippen LogP contribution in [0.1, 0.15) is 18.9 Å². The van der Waals surface area contributed by atoms with E-state index < -0.39 is 0 Å². The molecule has 0 spiro atoms. The molecule has 2 aromatic rings. The average Bonchev–Trinajstić information content (AvgIpc) is 3.10. The van der Waals surface area contributed by atoms with Crippen LogP contribution in [-0.2, 0) is 11.3 Å². The molecular formula is C20H24N2O4. The first-order chi connectivity index (χ1) is 12.6. The van der Waals surface area contributed by atoms with Crippen LogP contribution in [0.2, 0.25) is 0 Å². The zero-order valence-electron chi connectivity index (χ0n) is 15.2. The van der Waals surface area contributed by atoms with E-state index in [0.717, 1.165) is 12.3 Å². The number of amides is 1. The molecule has 6 nitrogen and oxygen atoms in total. The van der Waals surface area contributed by atoms with Crippen molar-refractivity contribution in [3.05, 3.63) is 48.0 Å². The summed E-state index contributed by atoms with van der Waals surface area (Å²) in [6.07, 6.45) is 0.419. The highest BCUT2D eigenvalue weighted by Gasteiger charge is 2.14. The molecule has 1 aliphatic rings. The van der Waals surface area contributed by atoms with E-state index in [1.807, 2.05) is 44.3 Å². The summed E-state index contributed by atoms with van der Waals surface area (Å²) >= 11 is 0. The maximum atomic E-state index is 12.2. The molecule has 1 amide bonds. The number of nitrogens with zero attached hydrogens (tertiary/aromatic N) is 1. The van der Waals surface area contributed by atoms with Gasteiger partial charge in [-0.05, 0) is 43.8 Å². The zero-order chi connectivity index (χ0) is 18.4. The summed E-state index contributed by atoms with van der Waals surface area (Å²) in [5.74, 6) is 2.22. The first-order valence-electron chi connectivity index (χ1n) is 8.74. The van der Waals surface area contributed by atoms with Crippen LogP contribution in [0.4, 0.5) is 5.69 Å². The molecule has 3 rings (SSSR count). The molecule has 0 unspecified atom stereocenters. The lowest BCUT2D eigenvalue weighted by Crippen LogP contribution is -2.24. The lowest BCUT2D eigenvalue weighted by atomic mass is 10.2. The number of benzene rings is 2. The minimum absolute atomic E-state index is 0.0255. The van der Waals surface area contributed by atoms with Crippen LogP contribution in [0.25, 0.3) is 0 Å². The van der Waals surface area contributed by atoms with E-state index in [2.05, 4.69) is 10.2 Å².